The normalized spacial score (nSPS) is 26.4. The highest BCUT2D eigenvalue weighted by molar-refractivity contribution is 6.78. The summed E-state index contributed by atoms with van der Waals surface area (Å²) in [7, 11) is -0.694. The molecule has 1 aliphatic rings. The van der Waals surface area contributed by atoms with Gasteiger partial charge in [0.25, 0.3) is 0 Å². The number of rotatable bonds is 0. The highest BCUT2D eigenvalue weighted by atomic mass is 28.3. The summed E-state index contributed by atoms with van der Waals surface area (Å²) >= 11 is 0. The van der Waals surface area contributed by atoms with E-state index >= 15 is 0 Å². The van der Waals surface area contributed by atoms with E-state index in [4.69, 9.17) is 5.26 Å². The molecule has 1 atom stereocenters. The van der Waals surface area contributed by atoms with Crippen LogP contribution in [0.3, 0.4) is 0 Å². The van der Waals surface area contributed by atoms with Crippen LogP contribution in [0.4, 0.5) is 0 Å². The maximum absolute atomic E-state index is 7.32. The van der Waals surface area contributed by atoms with Gasteiger partial charge in [-0.2, -0.15) is 5.26 Å². The second-order valence-electron chi connectivity index (χ2n) is 4.36. The molecule has 12 heavy (non-hydrogen) atoms. The van der Waals surface area contributed by atoms with Crippen LogP contribution >= 0.6 is 0 Å². The Balaban J connectivity index is 0.000000354. The Morgan fingerprint density at radius 1 is 1.33 bits per heavy atom. The van der Waals surface area contributed by atoms with Gasteiger partial charge >= 0.3 is 0 Å². The fourth-order valence-corrected chi connectivity index (χ4v) is 4.31. The molecule has 70 valence electrons. The van der Waals surface area contributed by atoms with E-state index in [1.54, 1.807) is 12.1 Å². The van der Waals surface area contributed by atoms with E-state index in [9.17, 15) is 0 Å². The van der Waals surface area contributed by atoms with Gasteiger partial charge in [0.05, 0.1) is 14.1 Å². The van der Waals surface area contributed by atoms with Gasteiger partial charge < -0.3 is 0 Å². The summed E-state index contributed by atoms with van der Waals surface area (Å²) < 4.78 is 0. The van der Waals surface area contributed by atoms with Crippen molar-refractivity contribution in [3.05, 3.63) is 0 Å². The zero-order valence-corrected chi connectivity index (χ0v) is 9.85. The average Bonchev–Trinajstić information content (AvgIpc) is 1.97. The van der Waals surface area contributed by atoms with Crippen molar-refractivity contribution < 1.29 is 0 Å². The number of nitrogens with zero attached hydrogens (tertiary/aromatic N) is 1. The molecule has 0 aromatic rings. The zero-order chi connectivity index (χ0) is 9.61. The number of nitriles is 1. The number of hydrogen-bond acceptors (Lipinski definition) is 1. The van der Waals surface area contributed by atoms with Crippen LogP contribution in [-0.2, 0) is 0 Å². The third-order valence-electron chi connectivity index (χ3n) is 3.04. The molecule has 1 rings (SSSR count). The lowest BCUT2D eigenvalue weighted by Gasteiger charge is -2.34. The summed E-state index contributed by atoms with van der Waals surface area (Å²) in [5.74, 6) is 0. The van der Waals surface area contributed by atoms with Crippen LogP contribution in [0.25, 0.3) is 0 Å². The molecule has 1 heterocycles. The van der Waals surface area contributed by atoms with E-state index in [1.165, 1.54) is 26.2 Å². The van der Waals surface area contributed by atoms with E-state index in [-0.39, 0.29) is 0 Å². The summed E-state index contributed by atoms with van der Waals surface area (Å²) in [4.78, 5) is 0. The van der Waals surface area contributed by atoms with Crippen molar-refractivity contribution in [1.82, 2.24) is 0 Å². The Labute approximate surface area is 77.8 Å². The Bertz CT molecular complexity index is 158. The predicted octanol–water partition coefficient (Wildman–Crippen LogP) is 3.80. The van der Waals surface area contributed by atoms with Gasteiger partial charge in [-0.15, -0.1) is 0 Å². The fraction of sp³-hybridized carbons (Fsp3) is 0.900. The lowest BCUT2D eigenvalue weighted by Crippen LogP contribution is -2.33. The van der Waals surface area contributed by atoms with Gasteiger partial charge in [0.2, 0.25) is 0 Å². The monoisotopic (exact) mass is 183 g/mol. The third kappa shape index (κ3) is 3.92. The standard InChI is InChI=1S/C8H18Si.C2H3N/c1-8-6-4-5-7-9(8,2)3;1-2-3/h8H,4-7H2,1-3H3;1H3. The third-order valence-corrected chi connectivity index (χ3v) is 7.64. The summed E-state index contributed by atoms with van der Waals surface area (Å²) in [6, 6.07) is 3.33. The fourth-order valence-electron chi connectivity index (χ4n) is 1.67. The van der Waals surface area contributed by atoms with Crippen LogP contribution in [0.2, 0.25) is 24.7 Å². The largest absolute Gasteiger partial charge is 0.199 e. The first kappa shape index (κ1) is 11.7. The second-order valence-corrected chi connectivity index (χ2v) is 9.82. The summed E-state index contributed by atoms with van der Waals surface area (Å²) in [5, 5.41) is 7.32. The van der Waals surface area contributed by atoms with E-state index in [2.05, 4.69) is 20.0 Å². The Hall–Kier alpha value is -0.293. The predicted molar refractivity (Wildman–Crippen MR) is 56.9 cm³/mol. The lowest BCUT2D eigenvalue weighted by molar-refractivity contribution is 0.635. The second kappa shape index (κ2) is 5.37. The molecule has 0 N–H and O–H groups in total. The molecule has 1 saturated heterocycles. The van der Waals surface area contributed by atoms with Gasteiger partial charge in [-0.25, -0.2) is 0 Å². The maximum Gasteiger partial charge on any atom is 0.0587 e. The van der Waals surface area contributed by atoms with Crippen molar-refractivity contribution in [3.63, 3.8) is 0 Å². The molecule has 1 nitrogen and oxygen atoms in total. The molecule has 0 bridgehead atoms. The molecular weight excluding hydrogens is 162 g/mol. The summed E-state index contributed by atoms with van der Waals surface area (Å²) in [6.45, 7) is 8.96. The first-order chi connectivity index (χ1) is 5.54. The Morgan fingerprint density at radius 2 is 1.83 bits per heavy atom. The lowest BCUT2D eigenvalue weighted by atomic mass is 10.2. The van der Waals surface area contributed by atoms with Gasteiger partial charge in [-0.3, -0.25) is 0 Å². The average molecular weight is 183 g/mol. The molecular formula is C10H21NSi. The van der Waals surface area contributed by atoms with Crippen molar-refractivity contribution in [3.8, 4) is 6.07 Å². The van der Waals surface area contributed by atoms with Crippen molar-refractivity contribution >= 4 is 8.07 Å². The van der Waals surface area contributed by atoms with Crippen molar-refractivity contribution in [2.24, 2.45) is 0 Å². The molecule has 0 spiro atoms. The van der Waals surface area contributed by atoms with E-state index in [1.807, 2.05) is 0 Å². The zero-order valence-electron chi connectivity index (χ0n) is 8.85. The van der Waals surface area contributed by atoms with Crippen LogP contribution in [-0.4, -0.2) is 8.07 Å². The van der Waals surface area contributed by atoms with E-state index in [0.29, 0.717) is 0 Å². The quantitative estimate of drug-likeness (QED) is 0.524. The summed E-state index contributed by atoms with van der Waals surface area (Å²) in [5.41, 5.74) is 1.09. The van der Waals surface area contributed by atoms with E-state index < -0.39 is 8.07 Å². The van der Waals surface area contributed by atoms with Gasteiger partial charge in [0, 0.05) is 6.92 Å². The Kier molecular flexibility index (Phi) is 5.24. The van der Waals surface area contributed by atoms with Crippen molar-refractivity contribution in [1.29, 1.82) is 5.26 Å². The minimum absolute atomic E-state index is 0.694. The van der Waals surface area contributed by atoms with Crippen LogP contribution in [0.1, 0.15) is 33.1 Å². The molecule has 0 aromatic heterocycles. The molecule has 1 fully saturated rings. The molecule has 0 radical (unpaired) electrons. The minimum atomic E-state index is -0.694. The first-order valence-corrected chi connectivity index (χ1v) is 8.14. The van der Waals surface area contributed by atoms with Crippen LogP contribution in [0.15, 0.2) is 0 Å². The smallest absolute Gasteiger partial charge is 0.0587 e. The van der Waals surface area contributed by atoms with E-state index in [0.717, 1.165) is 5.54 Å². The molecule has 1 unspecified atom stereocenters. The van der Waals surface area contributed by atoms with Gasteiger partial charge in [-0.1, -0.05) is 45.3 Å². The highest BCUT2D eigenvalue weighted by Gasteiger charge is 2.30. The molecule has 2 heteroatoms. The Morgan fingerprint density at radius 3 is 2.08 bits per heavy atom. The molecule has 1 aliphatic heterocycles. The van der Waals surface area contributed by atoms with Gasteiger partial charge in [-0.05, 0) is 5.54 Å². The molecule has 0 amide bonds. The van der Waals surface area contributed by atoms with Crippen LogP contribution < -0.4 is 0 Å². The first-order valence-electron chi connectivity index (χ1n) is 4.85. The summed E-state index contributed by atoms with van der Waals surface area (Å²) in [6.07, 6.45) is 4.53. The van der Waals surface area contributed by atoms with Crippen molar-refractivity contribution in [2.45, 2.75) is 57.8 Å². The molecule has 0 aromatic carbocycles. The van der Waals surface area contributed by atoms with Gasteiger partial charge in [0.15, 0.2) is 0 Å². The number of hydrogen-bond donors (Lipinski definition) is 0. The minimum Gasteiger partial charge on any atom is -0.199 e. The molecule has 0 saturated carbocycles. The van der Waals surface area contributed by atoms with Gasteiger partial charge in [0.1, 0.15) is 0 Å². The highest BCUT2D eigenvalue weighted by Crippen LogP contribution is 2.36. The molecule has 0 aliphatic carbocycles. The SMILES string of the molecule is CC#N.CC1CCCC[Si]1(C)C. The van der Waals surface area contributed by atoms with Crippen LogP contribution in [0.5, 0.6) is 0 Å². The van der Waals surface area contributed by atoms with Crippen molar-refractivity contribution in [2.75, 3.05) is 0 Å². The van der Waals surface area contributed by atoms with Crippen LogP contribution in [0, 0.1) is 11.3 Å². The maximum atomic E-state index is 7.32. The topological polar surface area (TPSA) is 23.8 Å².